The highest BCUT2D eigenvalue weighted by Crippen LogP contribution is 2.38. The van der Waals surface area contributed by atoms with Crippen molar-refractivity contribution in [2.45, 2.75) is 62.6 Å². The molecule has 0 amide bonds. The standard InChI is InChI=1S/C18H18F6N2O2/c19-17(20,21)9-6-10(18(22,23)24)8-12(7-9)26-14-13(15(27)16(14)28)25-11-4-2-1-3-5-11/h6-8,11,13-14,25-26H,1-5H2. The van der Waals surface area contributed by atoms with Crippen LogP contribution < -0.4 is 10.6 Å². The minimum Gasteiger partial charge on any atom is -0.373 e. The predicted molar refractivity (Wildman–Crippen MR) is 87.7 cm³/mol. The number of rotatable bonds is 4. The second-order valence-electron chi connectivity index (χ2n) is 7.12. The summed E-state index contributed by atoms with van der Waals surface area (Å²) in [6.45, 7) is 0. The lowest BCUT2D eigenvalue weighted by Crippen LogP contribution is -2.68. The van der Waals surface area contributed by atoms with Crippen molar-refractivity contribution < 1.29 is 35.9 Å². The van der Waals surface area contributed by atoms with Gasteiger partial charge in [-0.05, 0) is 31.0 Å². The molecule has 4 nitrogen and oxygen atoms in total. The van der Waals surface area contributed by atoms with Crippen LogP contribution in [0.15, 0.2) is 18.2 Å². The van der Waals surface area contributed by atoms with E-state index in [1.165, 1.54) is 0 Å². The summed E-state index contributed by atoms with van der Waals surface area (Å²) in [4.78, 5) is 23.8. The van der Waals surface area contributed by atoms with Crippen molar-refractivity contribution in [3.8, 4) is 0 Å². The molecule has 2 atom stereocenters. The second-order valence-corrected chi connectivity index (χ2v) is 7.12. The topological polar surface area (TPSA) is 58.2 Å². The summed E-state index contributed by atoms with van der Waals surface area (Å²) in [7, 11) is 0. The highest BCUT2D eigenvalue weighted by Gasteiger charge is 2.50. The normalized spacial score (nSPS) is 24.2. The first-order chi connectivity index (χ1) is 13.0. The molecule has 2 aliphatic carbocycles. The average molecular weight is 408 g/mol. The van der Waals surface area contributed by atoms with Gasteiger partial charge in [-0.3, -0.25) is 9.59 Å². The molecule has 0 saturated heterocycles. The molecule has 3 rings (SSSR count). The predicted octanol–water partition coefficient (Wildman–Crippen LogP) is 3.95. The molecule has 1 aromatic rings. The number of benzene rings is 1. The molecule has 2 saturated carbocycles. The van der Waals surface area contributed by atoms with Crippen molar-refractivity contribution in [1.29, 1.82) is 0 Å². The van der Waals surface area contributed by atoms with Crippen molar-refractivity contribution in [2.24, 2.45) is 0 Å². The summed E-state index contributed by atoms with van der Waals surface area (Å²) in [5, 5.41) is 5.41. The van der Waals surface area contributed by atoms with Crippen LogP contribution in [0.1, 0.15) is 43.2 Å². The van der Waals surface area contributed by atoms with Crippen LogP contribution >= 0.6 is 0 Å². The van der Waals surface area contributed by atoms with Crippen molar-refractivity contribution in [1.82, 2.24) is 5.32 Å². The number of hydrogen-bond acceptors (Lipinski definition) is 4. The molecule has 2 fully saturated rings. The molecule has 2 aliphatic rings. The highest BCUT2D eigenvalue weighted by atomic mass is 19.4. The van der Waals surface area contributed by atoms with Crippen LogP contribution in [0.3, 0.4) is 0 Å². The van der Waals surface area contributed by atoms with Crippen LogP contribution in [0.4, 0.5) is 32.0 Å². The Balaban J connectivity index is 1.82. The zero-order chi connectivity index (χ0) is 20.7. The molecule has 0 heterocycles. The Morgan fingerprint density at radius 1 is 0.750 bits per heavy atom. The Hall–Kier alpha value is -2.10. The van der Waals surface area contributed by atoms with E-state index in [9.17, 15) is 35.9 Å². The monoisotopic (exact) mass is 408 g/mol. The van der Waals surface area contributed by atoms with Crippen molar-refractivity contribution in [2.75, 3.05) is 5.32 Å². The minimum atomic E-state index is -4.99. The summed E-state index contributed by atoms with van der Waals surface area (Å²) >= 11 is 0. The van der Waals surface area contributed by atoms with Crippen molar-refractivity contribution in [3.05, 3.63) is 29.3 Å². The van der Waals surface area contributed by atoms with E-state index in [-0.39, 0.29) is 12.1 Å². The average Bonchev–Trinajstić information content (AvgIpc) is 2.63. The quantitative estimate of drug-likeness (QED) is 0.585. The molecule has 0 radical (unpaired) electrons. The number of Topliss-reactive ketones (excluding diaryl/α,β-unsaturated/α-hetero) is 2. The molecule has 2 N–H and O–H groups in total. The Bertz CT molecular complexity index is 736. The van der Waals surface area contributed by atoms with Crippen LogP contribution in [0, 0.1) is 0 Å². The van der Waals surface area contributed by atoms with Gasteiger partial charge in [-0.25, -0.2) is 0 Å². The van der Waals surface area contributed by atoms with Crippen molar-refractivity contribution >= 4 is 17.3 Å². The summed E-state index contributed by atoms with van der Waals surface area (Å²) in [6, 6.07) is -1.14. The van der Waals surface area contributed by atoms with Crippen LogP contribution in [0.25, 0.3) is 0 Å². The lowest BCUT2D eigenvalue weighted by atomic mass is 9.81. The Kier molecular flexibility index (Phi) is 5.44. The molecule has 0 aromatic heterocycles. The van der Waals surface area contributed by atoms with Gasteiger partial charge in [0, 0.05) is 11.7 Å². The number of alkyl halides is 6. The molecule has 10 heteroatoms. The van der Waals surface area contributed by atoms with Crippen LogP contribution in [0.5, 0.6) is 0 Å². The molecule has 0 bridgehead atoms. The number of anilines is 1. The Morgan fingerprint density at radius 2 is 1.25 bits per heavy atom. The first-order valence-corrected chi connectivity index (χ1v) is 8.87. The van der Waals surface area contributed by atoms with Crippen LogP contribution in [-0.4, -0.2) is 29.7 Å². The zero-order valence-electron chi connectivity index (χ0n) is 14.6. The number of halogens is 6. The minimum absolute atomic E-state index is 0.00709. The molecule has 0 spiro atoms. The fraction of sp³-hybridized carbons (Fsp3) is 0.556. The molecule has 1 aromatic carbocycles. The van der Waals surface area contributed by atoms with Gasteiger partial charge >= 0.3 is 12.4 Å². The molecular formula is C18H18F6N2O2. The number of carbonyl (C=O) groups excluding carboxylic acids is 2. The van der Waals surface area contributed by atoms with E-state index in [1.54, 1.807) is 0 Å². The molecule has 0 aliphatic heterocycles. The summed E-state index contributed by atoms with van der Waals surface area (Å²) in [5.74, 6) is -1.58. The lowest BCUT2D eigenvalue weighted by Gasteiger charge is -2.38. The SMILES string of the molecule is O=C1C(=O)C(NC2CCCCC2)C1Nc1cc(C(F)(F)F)cc(C(F)(F)F)c1. The van der Waals surface area contributed by atoms with Gasteiger partial charge < -0.3 is 10.6 Å². The maximum absolute atomic E-state index is 13.0. The number of hydrogen-bond donors (Lipinski definition) is 2. The molecule has 2 unspecified atom stereocenters. The smallest absolute Gasteiger partial charge is 0.373 e. The van der Waals surface area contributed by atoms with E-state index in [0.29, 0.717) is 12.1 Å². The van der Waals surface area contributed by atoms with E-state index in [0.717, 1.165) is 32.1 Å². The fourth-order valence-electron chi connectivity index (χ4n) is 3.57. The van der Waals surface area contributed by atoms with Gasteiger partial charge in [0.05, 0.1) is 11.1 Å². The maximum atomic E-state index is 13.0. The van der Waals surface area contributed by atoms with Gasteiger partial charge in [-0.1, -0.05) is 19.3 Å². The molecule has 154 valence electrons. The summed E-state index contributed by atoms with van der Waals surface area (Å²) in [6.07, 6.45) is -5.42. The Morgan fingerprint density at radius 3 is 1.75 bits per heavy atom. The summed E-state index contributed by atoms with van der Waals surface area (Å²) in [5.41, 5.74) is -3.48. The number of carbonyl (C=O) groups is 2. The van der Waals surface area contributed by atoms with Gasteiger partial charge in [0.2, 0.25) is 11.6 Å². The maximum Gasteiger partial charge on any atom is 0.416 e. The third-order valence-electron chi connectivity index (χ3n) is 5.07. The van der Waals surface area contributed by atoms with Gasteiger partial charge in [0.1, 0.15) is 12.1 Å². The van der Waals surface area contributed by atoms with Crippen LogP contribution in [0.2, 0.25) is 0 Å². The molecule has 28 heavy (non-hydrogen) atoms. The number of ketones is 2. The van der Waals surface area contributed by atoms with E-state index in [1.807, 2.05) is 0 Å². The van der Waals surface area contributed by atoms with E-state index < -0.39 is 52.8 Å². The van der Waals surface area contributed by atoms with E-state index in [4.69, 9.17) is 0 Å². The van der Waals surface area contributed by atoms with Gasteiger partial charge in [0.15, 0.2) is 0 Å². The van der Waals surface area contributed by atoms with Crippen molar-refractivity contribution in [3.63, 3.8) is 0 Å². The Labute approximate surface area is 156 Å². The highest BCUT2D eigenvalue weighted by molar-refractivity contribution is 6.49. The lowest BCUT2D eigenvalue weighted by molar-refractivity contribution is -0.146. The largest absolute Gasteiger partial charge is 0.416 e. The molecular weight excluding hydrogens is 390 g/mol. The zero-order valence-corrected chi connectivity index (χ0v) is 14.6. The van der Waals surface area contributed by atoms with Gasteiger partial charge in [0.25, 0.3) is 0 Å². The van der Waals surface area contributed by atoms with Crippen LogP contribution in [-0.2, 0) is 21.9 Å². The van der Waals surface area contributed by atoms with E-state index >= 15 is 0 Å². The first kappa shape index (κ1) is 20.6. The third-order valence-corrected chi connectivity index (χ3v) is 5.07. The van der Waals surface area contributed by atoms with Gasteiger partial charge in [-0.15, -0.1) is 0 Å². The second kappa shape index (κ2) is 7.38. The third kappa shape index (κ3) is 4.31. The first-order valence-electron chi connectivity index (χ1n) is 8.87. The number of nitrogens with one attached hydrogen (secondary N) is 2. The fourth-order valence-corrected chi connectivity index (χ4v) is 3.57. The van der Waals surface area contributed by atoms with E-state index in [2.05, 4.69) is 10.6 Å². The van der Waals surface area contributed by atoms with Gasteiger partial charge in [-0.2, -0.15) is 26.3 Å². The summed E-state index contributed by atoms with van der Waals surface area (Å²) < 4.78 is 77.8.